The van der Waals surface area contributed by atoms with Gasteiger partial charge in [0.2, 0.25) is 0 Å². The molecule has 0 aliphatic heterocycles. The van der Waals surface area contributed by atoms with Crippen molar-refractivity contribution in [3.63, 3.8) is 0 Å². The Morgan fingerprint density at radius 1 is 1.33 bits per heavy atom. The monoisotopic (exact) mass is 296 g/mol. The zero-order valence-corrected chi connectivity index (χ0v) is 11.6. The summed E-state index contributed by atoms with van der Waals surface area (Å²) >= 11 is 1.34. The van der Waals surface area contributed by atoms with E-state index in [-0.39, 0.29) is 5.82 Å². The average Bonchev–Trinajstić information content (AvgIpc) is 3.16. The van der Waals surface area contributed by atoms with Crippen LogP contribution < -0.4 is 0 Å². The van der Waals surface area contributed by atoms with Gasteiger partial charge in [0.25, 0.3) is 0 Å². The topological polar surface area (TPSA) is 49.8 Å². The number of thiazole rings is 1. The number of nitriles is 1. The number of aromatic nitrogens is 1. The van der Waals surface area contributed by atoms with Gasteiger partial charge in [-0.3, -0.25) is 0 Å². The van der Waals surface area contributed by atoms with Crippen LogP contribution in [-0.2, 0) is 0 Å². The number of rotatable bonds is 3. The van der Waals surface area contributed by atoms with Crippen LogP contribution in [0.1, 0.15) is 10.8 Å². The summed E-state index contributed by atoms with van der Waals surface area (Å²) in [5.41, 5.74) is 1.75. The van der Waals surface area contributed by atoms with E-state index in [1.807, 2.05) is 0 Å². The lowest BCUT2D eigenvalue weighted by atomic mass is 10.2. The van der Waals surface area contributed by atoms with Crippen LogP contribution in [0.15, 0.2) is 52.5 Å². The predicted octanol–water partition coefficient (Wildman–Crippen LogP) is 4.61. The Morgan fingerprint density at radius 2 is 2.24 bits per heavy atom. The maximum Gasteiger partial charge on any atom is 0.134 e. The maximum atomic E-state index is 13.2. The quantitative estimate of drug-likeness (QED) is 0.663. The lowest BCUT2D eigenvalue weighted by molar-refractivity contribution is 0.557. The molecular formula is C16H9FN2OS. The van der Waals surface area contributed by atoms with Crippen LogP contribution in [-0.4, -0.2) is 4.98 Å². The molecule has 0 saturated heterocycles. The van der Waals surface area contributed by atoms with Crippen molar-refractivity contribution in [1.82, 2.24) is 4.98 Å². The molecule has 0 aliphatic rings. The average molecular weight is 296 g/mol. The van der Waals surface area contributed by atoms with Gasteiger partial charge in [-0.1, -0.05) is 12.1 Å². The Labute approximate surface area is 124 Å². The van der Waals surface area contributed by atoms with E-state index in [1.54, 1.807) is 42.0 Å². The van der Waals surface area contributed by atoms with E-state index in [4.69, 9.17) is 4.42 Å². The molecule has 1 aromatic carbocycles. The van der Waals surface area contributed by atoms with E-state index in [0.717, 1.165) is 0 Å². The molecule has 3 rings (SSSR count). The minimum Gasteiger partial charge on any atom is -0.465 e. The van der Waals surface area contributed by atoms with Crippen molar-refractivity contribution >= 4 is 23.0 Å². The van der Waals surface area contributed by atoms with Gasteiger partial charge in [-0.2, -0.15) is 5.26 Å². The molecule has 0 unspecified atom stereocenters. The van der Waals surface area contributed by atoms with Gasteiger partial charge in [-0.25, -0.2) is 9.37 Å². The van der Waals surface area contributed by atoms with Gasteiger partial charge in [0.05, 0.1) is 17.5 Å². The second-order valence-electron chi connectivity index (χ2n) is 4.23. The molecule has 2 aromatic heterocycles. The van der Waals surface area contributed by atoms with Gasteiger partial charge >= 0.3 is 0 Å². The first kappa shape index (κ1) is 13.3. The van der Waals surface area contributed by atoms with Crippen molar-refractivity contribution in [2.45, 2.75) is 0 Å². The zero-order chi connectivity index (χ0) is 14.7. The van der Waals surface area contributed by atoms with Gasteiger partial charge in [-0.05, 0) is 24.3 Å². The fourth-order valence-electron chi connectivity index (χ4n) is 1.84. The van der Waals surface area contributed by atoms with Gasteiger partial charge in [0.1, 0.15) is 22.7 Å². The summed E-state index contributed by atoms with van der Waals surface area (Å²) in [5.74, 6) is 0.280. The molecule has 0 N–H and O–H groups in total. The van der Waals surface area contributed by atoms with E-state index in [9.17, 15) is 9.65 Å². The van der Waals surface area contributed by atoms with Gasteiger partial charge in [0, 0.05) is 17.0 Å². The Balaban J connectivity index is 1.96. The highest BCUT2D eigenvalue weighted by atomic mass is 32.1. The number of hydrogen-bond donors (Lipinski definition) is 0. The van der Waals surface area contributed by atoms with Crippen molar-refractivity contribution in [2.75, 3.05) is 0 Å². The maximum absolute atomic E-state index is 13.2. The summed E-state index contributed by atoms with van der Waals surface area (Å²) in [6, 6.07) is 11.8. The molecule has 5 heteroatoms. The van der Waals surface area contributed by atoms with E-state index in [1.165, 1.54) is 23.5 Å². The number of furan rings is 1. The minimum atomic E-state index is -0.311. The summed E-state index contributed by atoms with van der Waals surface area (Å²) in [7, 11) is 0. The predicted molar refractivity (Wildman–Crippen MR) is 79.7 cm³/mol. The highest BCUT2D eigenvalue weighted by Crippen LogP contribution is 2.27. The Hall–Kier alpha value is -2.71. The van der Waals surface area contributed by atoms with Crippen LogP contribution >= 0.6 is 11.3 Å². The van der Waals surface area contributed by atoms with Crippen LogP contribution in [0.4, 0.5) is 4.39 Å². The first-order valence-corrected chi connectivity index (χ1v) is 7.01. The van der Waals surface area contributed by atoms with E-state index in [2.05, 4.69) is 11.1 Å². The largest absolute Gasteiger partial charge is 0.465 e. The number of allylic oxidation sites excluding steroid dienone is 1. The summed E-state index contributed by atoms with van der Waals surface area (Å²) in [6.07, 6.45) is 3.18. The molecule has 102 valence electrons. The first-order chi connectivity index (χ1) is 10.3. The van der Waals surface area contributed by atoms with Crippen molar-refractivity contribution in [1.29, 1.82) is 5.26 Å². The molecule has 3 aromatic rings. The third kappa shape index (κ3) is 2.91. The normalized spacial score (nSPS) is 11.3. The molecule has 0 atom stereocenters. The zero-order valence-electron chi connectivity index (χ0n) is 10.8. The lowest BCUT2D eigenvalue weighted by Crippen LogP contribution is -1.83. The summed E-state index contributed by atoms with van der Waals surface area (Å²) < 4.78 is 18.4. The first-order valence-electron chi connectivity index (χ1n) is 6.13. The van der Waals surface area contributed by atoms with E-state index < -0.39 is 0 Å². The molecule has 0 amide bonds. The molecule has 0 fully saturated rings. The molecule has 0 bridgehead atoms. The van der Waals surface area contributed by atoms with Crippen LogP contribution in [0, 0.1) is 17.1 Å². The smallest absolute Gasteiger partial charge is 0.134 e. The third-order valence-corrected chi connectivity index (χ3v) is 3.68. The molecule has 21 heavy (non-hydrogen) atoms. The summed E-state index contributed by atoms with van der Waals surface area (Å²) in [5, 5.41) is 11.6. The molecule has 0 aliphatic carbocycles. The molecule has 0 spiro atoms. The number of halogens is 1. The Bertz CT molecular complexity index is 828. The van der Waals surface area contributed by atoms with Crippen molar-refractivity contribution in [3.8, 4) is 17.3 Å². The lowest BCUT2D eigenvalue weighted by Gasteiger charge is -1.96. The Kier molecular flexibility index (Phi) is 3.63. The van der Waals surface area contributed by atoms with E-state index in [0.29, 0.717) is 27.6 Å². The highest BCUT2D eigenvalue weighted by Gasteiger charge is 2.10. The molecule has 0 radical (unpaired) electrons. The molecular weight excluding hydrogens is 287 g/mol. The minimum absolute atomic E-state index is 0.311. The number of nitrogens with zero attached hydrogens (tertiary/aromatic N) is 2. The summed E-state index contributed by atoms with van der Waals surface area (Å²) in [4.78, 5) is 4.39. The second kappa shape index (κ2) is 5.73. The van der Waals surface area contributed by atoms with Crippen molar-refractivity contribution < 1.29 is 8.81 Å². The van der Waals surface area contributed by atoms with Crippen LogP contribution in [0.5, 0.6) is 0 Å². The summed E-state index contributed by atoms with van der Waals surface area (Å²) in [6.45, 7) is 0. The van der Waals surface area contributed by atoms with Crippen molar-refractivity contribution in [3.05, 3.63) is 64.6 Å². The standard InChI is InChI=1S/C16H9FN2OS/c17-13-4-1-3-11(7-13)15-10-21-16(19-15)12(9-18)8-14-5-2-6-20-14/h1-8,10H/b12-8+. The van der Waals surface area contributed by atoms with Gasteiger partial charge in [0.15, 0.2) is 0 Å². The number of hydrogen-bond acceptors (Lipinski definition) is 4. The molecule has 2 heterocycles. The third-order valence-electron chi connectivity index (χ3n) is 2.81. The van der Waals surface area contributed by atoms with Gasteiger partial charge < -0.3 is 4.42 Å². The van der Waals surface area contributed by atoms with Crippen molar-refractivity contribution in [2.24, 2.45) is 0 Å². The fourth-order valence-corrected chi connectivity index (χ4v) is 2.63. The van der Waals surface area contributed by atoms with Crippen LogP contribution in [0.2, 0.25) is 0 Å². The highest BCUT2D eigenvalue weighted by molar-refractivity contribution is 7.11. The van der Waals surface area contributed by atoms with E-state index >= 15 is 0 Å². The SMILES string of the molecule is N#C/C(=C\c1ccco1)c1nc(-c2cccc(F)c2)cs1. The Morgan fingerprint density at radius 3 is 2.95 bits per heavy atom. The molecule has 3 nitrogen and oxygen atoms in total. The van der Waals surface area contributed by atoms with Crippen LogP contribution in [0.25, 0.3) is 22.9 Å². The molecule has 0 saturated carbocycles. The fraction of sp³-hybridized carbons (Fsp3) is 0. The second-order valence-corrected chi connectivity index (χ2v) is 5.09. The van der Waals surface area contributed by atoms with Crippen LogP contribution in [0.3, 0.4) is 0 Å². The van der Waals surface area contributed by atoms with Gasteiger partial charge in [-0.15, -0.1) is 11.3 Å². The number of benzene rings is 1.